The fraction of sp³-hybridized carbons (Fsp3) is 0.846. The molecule has 0 bridgehead atoms. The second-order valence-corrected chi connectivity index (χ2v) is 4.96. The number of ether oxygens (including phenoxy) is 1. The van der Waals surface area contributed by atoms with Crippen molar-refractivity contribution in [3.63, 3.8) is 0 Å². The van der Waals surface area contributed by atoms with E-state index >= 15 is 0 Å². The zero-order chi connectivity index (χ0) is 12.1. The molecule has 4 heteroatoms. The molecule has 1 aliphatic carbocycles. The molecule has 1 saturated heterocycles. The van der Waals surface area contributed by atoms with Crippen LogP contribution in [0.2, 0.25) is 0 Å². The van der Waals surface area contributed by atoms with Gasteiger partial charge in [0.2, 0.25) is 5.91 Å². The molecular weight excluding hydrogens is 216 g/mol. The third kappa shape index (κ3) is 3.19. The third-order valence-electron chi connectivity index (χ3n) is 3.73. The van der Waals surface area contributed by atoms with E-state index in [0.29, 0.717) is 19.7 Å². The summed E-state index contributed by atoms with van der Waals surface area (Å²) in [5.74, 6) is 0.436. The Morgan fingerprint density at radius 2 is 1.94 bits per heavy atom. The number of carbonyl (C=O) groups is 1. The number of hydrogen-bond acceptors (Lipinski definition) is 3. The number of amides is 1. The summed E-state index contributed by atoms with van der Waals surface area (Å²) >= 11 is 0. The van der Waals surface area contributed by atoms with Crippen LogP contribution in [-0.2, 0) is 9.53 Å². The summed E-state index contributed by atoms with van der Waals surface area (Å²) in [7, 11) is 0. The van der Waals surface area contributed by atoms with Gasteiger partial charge in [0.15, 0.2) is 6.10 Å². The second kappa shape index (κ2) is 6.02. The van der Waals surface area contributed by atoms with Crippen LogP contribution in [0.4, 0.5) is 0 Å². The third-order valence-corrected chi connectivity index (χ3v) is 3.73. The fourth-order valence-corrected chi connectivity index (χ4v) is 2.71. The largest absolute Gasteiger partial charge is 0.360 e. The quantitative estimate of drug-likeness (QED) is 0.651. The van der Waals surface area contributed by atoms with Crippen molar-refractivity contribution in [3.05, 3.63) is 0 Å². The van der Waals surface area contributed by atoms with Gasteiger partial charge in [-0.2, -0.15) is 5.26 Å². The normalized spacial score (nSPS) is 27.2. The van der Waals surface area contributed by atoms with Crippen LogP contribution in [0.25, 0.3) is 0 Å². The molecule has 0 aromatic carbocycles. The number of hydrogen-bond donors (Lipinski definition) is 0. The van der Waals surface area contributed by atoms with Crippen molar-refractivity contribution in [2.45, 2.75) is 44.6 Å². The first-order valence-corrected chi connectivity index (χ1v) is 6.61. The number of nitriles is 1. The van der Waals surface area contributed by atoms with Crippen molar-refractivity contribution in [1.29, 1.82) is 5.26 Å². The van der Waals surface area contributed by atoms with Crippen LogP contribution in [-0.4, -0.2) is 36.6 Å². The number of morpholine rings is 1. The van der Waals surface area contributed by atoms with Gasteiger partial charge in [-0.3, -0.25) is 4.79 Å². The van der Waals surface area contributed by atoms with Gasteiger partial charge >= 0.3 is 0 Å². The molecule has 1 saturated carbocycles. The van der Waals surface area contributed by atoms with Gasteiger partial charge < -0.3 is 9.64 Å². The molecule has 2 rings (SSSR count). The van der Waals surface area contributed by atoms with E-state index in [1.807, 2.05) is 4.90 Å². The van der Waals surface area contributed by atoms with Crippen LogP contribution < -0.4 is 0 Å². The molecule has 1 amide bonds. The van der Waals surface area contributed by atoms with E-state index in [2.05, 4.69) is 6.07 Å². The van der Waals surface area contributed by atoms with E-state index in [1.54, 1.807) is 0 Å². The zero-order valence-electron chi connectivity index (χ0n) is 10.2. The number of carbonyl (C=O) groups excluding carboxylic acids is 1. The minimum atomic E-state index is -0.432. The summed E-state index contributed by atoms with van der Waals surface area (Å²) in [5, 5.41) is 8.83. The summed E-state index contributed by atoms with van der Waals surface area (Å²) < 4.78 is 5.26. The second-order valence-electron chi connectivity index (χ2n) is 4.96. The number of nitrogens with zero attached hydrogens (tertiary/aromatic N) is 2. The van der Waals surface area contributed by atoms with Crippen LogP contribution in [0.3, 0.4) is 0 Å². The SMILES string of the molecule is N#CC1CN(C(=O)C2CCCCCC2)CCO1. The Kier molecular flexibility index (Phi) is 4.38. The topological polar surface area (TPSA) is 53.3 Å². The first kappa shape index (κ1) is 12.4. The summed E-state index contributed by atoms with van der Waals surface area (Å²) in [6.07, 6.45) is 6.46. The fourth-order valence-electron chi connectivity index (χ4n) is 2.71. The van der Waals surface area contributed by atoms with Crippen molar-refractivity contribution in [3.8, 4) is 6.07 Å². The lowest BCUT2D eigenvalue weighted by Gasteiger charge is -2.32. The maximum absolute atomic E-state index is 12.3. The molecule has 0 radical (unpaired) electrons. The molecule has 2 fully saturated rings. The monoisotopic (exact) mass is 236 g/mol. The van der Waals surface area contributed by atoms with Gasteiger partial charge in [0.25, 0.3) is 0 Å². The van der Waals surface area contributed by atoms with Crippen molar-refractivity contribution < 1.29 is 9.53 Å². The minimum absolute atomic E-state index is 0.190. The Labute approximate surface area is 103 Å². The van der Waals surface area contributed by atoms with Crippen molar-refractivity contribution in [2.75, 3.05) is 19.7 Å². The molecule has 17 heavy (non-hydrogen) atoms. The molecule has 0 spiro atoms. The van der Waals surface area contributed by atoms with E-state index in [0.717, 1.165) is 12.8 Å². The predicted molar refractivity (Wildman–Crippen MR) is 63.1 cm³/mol. The van der Waals surface area contributed by atoms with E-state index < -0.39 is 6.10 Å². The van der Waals surface area contributed by atoms with Crippen LogP contribution >= 0.6 is 0 Å². The van der Waals surface area contributed by atoms with Gasteiger partial charge in [-0.05, 0) is 12.8 Å². The Morgan fingerprint density at radius 1 is 1.24 bits per heavy atom. The number of rotatable bonds is 1. The highest BCUT2D eigenvalue weighted by atomic mass is 16.5. The Balaban J connectivity index is 1.91. The van der Waals surface area contributed by atoms with Crippen LogP contribution in [0.15, 0.2) is 0 Å². The predicted octanol–water partition coefficient (Wildman–Crippen LogP) is 1.71. The zero-order valence-corrected chi connectivity index (χ0v) is 10.2. The summed E-state index contributed by atoms with van der Waals surface area (Å²) in [6, 6.07) is 2.09. The minimum Gasteiger partial charge on any atom is -0.360 e. The highest BCUT2D eigenvalue weighted by Gasteiger charge is 2.29. The molecule has 0 aromatic heterocycles. The van der Waals surface area contributed by atoms with Gasteiger partial charge in [0.05, 0.1) is 19.2 Å². The molecular formula is C13H20N2O2. The van der Waals surface area contributed by atoms with Crippen molar-refractivity contribution in [2.24, 2.45) is 5.92 Å². The average molecular weight is 236 g/mol. The molecule has 1 unspecified atom stereocenters. The molecule has 4 nitrogen and oxygen atoms in total. The average Bonchev–Trinajstić information content (AvgIpc) is 2.67. The first-order chi connectivity index (χ1) is 8.31. The van der Waals surface area contributed by atoms with E-state index in [9.17, 15) is 4.79 Å². The van der Waals surface area contributed by atoms with E-state index in [4.69, 9.17) is 10.00 Å². The molecule has 1 heterocycles. The molecule has 0 N–H and O–H groups in total. The van der Waals surface area contributed by atoms with E-state index in [-0.39, 0.29) is 11.8 Å². The highest BCUT2D eigenvalue weighted by Crippen LogP contribution is 2.25. The van der Waals surface area contributed by atoms with Crippen molar-refractivity contribution >= 4 is 5.91 Å². The Morgan fingerprint density at radius 3 is 2.59 bits per heavy atom. The maximum Gasteiger partial charge on any atom is 0.225 e. The van der Waals surface area contributed by atoms with E-state index in [1.165, 1.54) is 25.7 Å². The highest BCUT2D eigenvalue weighted by molar-refractivity contribution is 5.79. The van der Waals surface area contributed by atoms with Gasteiger partial charge in [-0.25, -0.2) is 0 Å². The van der Waals surface area contributed by atoms with Gasteiger partial charge in [-0.1, -0.05) is 25.7 Å². The van der Waals surface area contributed by atoms with Crippen LogP contribution in [0, 0.1) is 17.2 Å². The summed E-state index contributed by atoms with van der Waals surface area (Å²) in [4.78, 5) is 14.2. The van der Waals surface area contributed by atoms with Gasteiger partial charge in [-0.15, -0.1) is 0 Å². The van der Waals surface area contributed by atoms with Gasteiger partial charge in [0.1, 0.15) is 0 Å². The van der Waals surface area contributed by atoms with Gasteiger partial charge in [0, 0.05) is 12.5 Å². The summed E-state index contributed by atoms with van der Waals surface area (Å²) in [5.41, 5.74) is 0. The lowest BCUT2D eigenvalue weighted by Crippen LogP contribution is -2.47. The smallest absolute Gasteiger partial charge is 0.225 e. The first-order valence-electron chi connectivity index (χ1n) is 6.61. The van der Waals surface area contributed by atoms with Crippen molar-refractivity contribution in [1.82, 2.24) is 4.90 Å². The molecule has 1 atom stereocenters. The molecule has 2 aliphatic rings. The summed E-state index contributed by atoms with van der Waals surface area (Å²) in [6.45, 7) is 1.59. The molecule has 94 valence electrons. The van der Waals surface area contributed by atoms with Crippen LogP contribution in [0.1, 0.15) is 38.5 Å². The molecule has 0 aromatic rings. The standard InChI is InChI=1S/C13H20N2O2/c14-9-12-10-15(7-8-17-12)13(16)11-5-3-1-2-4-6-11/h11-12H,1-8,10H2. The lowest BCUT2D eigenvalue weighted by molar-refractivity contribution is -0.141. The van der Waals surface area contributed by atoms with Crippen LogP contribution in [0.5, 0.6) is 0 Å². The Bertz CT molecular complexity index is 303. The maximum atomic E-state index is 12.3. The Hall–Kier alpha value is -1.08. The lowest BCUT2D eigenvalue weighted by atomic mass is 9.98. The molecule has 1 aliphatic heterocycles.